The molecule has 0 radical (unpaired) electrons. The minimum atomic E-state index is -0.752. The summed E-state index contributed by atoms with van der Waals surface area (Å²) in [5.74, 6) is -1.58. The van der Waals surface area contributed by atoms with Crippen molar-refractivity contribution < 1.29 is 18.4 Å². The number of carbonyl (C=O) groups excluding carboxylic acids is 2. The van der Waals surface area contributed by atoms with Gasteiger partial charge in [0.1, 0.15) is 11.6 Å². The van der Waals surface area contributed by atoms with Crippen molar-refractivity contribution in [2.45, 2.75) is 25.3 Å². The number of hydrogen-bond donors (Lipinski definition) is 1. The molecule has 0 aromatic heterocycles. The minimum Gasteiger partial charge on any atom is -0.353 e. The van der Waals surface area contributed by atoms with Crippen molar-refractivity contribution in [3.8, 4) is 0 Å². The van der Waals surface area contributed by atoms with Gasteiger partial charge in [-0.05, 0) is 30.9 Å². The van der Waals surface area contributed by atoms with Crippen LogP contribution in [0.25, 0.3) is 0 Å². The molecular formula is C15H16F2N2O2. The van der Waals surface area contributed by atoms with Gasteiger partial charge in [0.2, 0.25) is 5.91 Å². The van der Waals surface area contributed by atoms with Crippen molar-refractivity contribution in [3.63, 3.8) is 0 Å². The smallest absolute Gasteiger partial charge is 0.254 e. The van der Waals surface area contributed by atoms with Crippen molar-refractivity contribution in [3.05, 3.63) is 35.4 Å². The maximum absolute atomic E-state index is 13.2. The molecule has 3 rings (SSSR count). The van der Waals surface area contributed by atoms with E-state index >= 15 is 0 Å². The molecule has 0 aliphatic carbocycles. The first-order valence-electron chi connectivity index (χ1n) is 7.07. The summed E-state index contributed by atoms with van der Waals surface area (Å²) in [7, 11) is 0. The summed E-state index contributed by atoms with van der Waals surface area (Å²) in [6, 6.07) is 2.97. The number of carbonyl (C=O) groups is 2. The van der Waals surface area contributed by atoms with Gasteiger partial charge in [-0.3, -0.25) is 9.59 Å². The van der Waals surface area contributed by atoms with E-state index in [1.165, 1.54) is 0 Å². The molecule has 0 spiro atoms. The molecule has 2 atom stereocenters. The molecule has 0 saturated carbocycles. The van der Waals surface area contributed by atoms with E-state index < -0.39 is 11.6 Å². The molecule has 1 N–H and O–H groups in total. The van der Waals surface area contributed by atoms with Crippen LogP contribution in [0.5, 0.6) is 0 Å². The lowest BCUT2D eigenvalue weighted by atomic mass is 9.85. The average molecular weight is 294 g/mol. The third kappa shape index (κ3) is 2.89. The third-order valence-electron chi connectivity index (χ3n) is 4.22. The summed E-state index contributed by atoms with van der Waals surface area (Å²) in [4.78, 5) is 25.3. The molecule has 6 heteroatoms. The van der Waals surface area contributed by atoms with Gasteiger partial charge in [0.05, 0.1) is 0 Å². The number of nitrogens with zero attached hydrogens (tertiary/aromatic N) is 1. The second-order valence-corrected chi connectivity index (χ2v) is 5.67. The van der Waals surface area contributed by atoms with E-state index in [4.69, 9.17) is 0 Å². The molecule has 21 heavy (non-hydrogen) atoms. The zero-order valence-corrected chi connectivity index (χ0v) is 11.4. The highest BCUT2D eigenvalue weighted by molar-refractivity contribution is 5.94. The van der Waals surface area contributed by atoms with E-state index in [9.17, 15) is 18.4 Å². The fraction of sp³-hybridized carbons (Fsp3) is 0.467. The van der Waals surface area contributed by atoms with Crippen LogP contribution < -0.4 is 5.32 Å². The van der Waals surface area contributed by atoms with E-state index in [2.05, 4.69) is 5.32 Å². The Labute approximate surface area is 121 Å². The van der Waals surface area contributed by atoms with Crippen LogP contribution in [0.3, 0.4) is 0 Å². The summed E-state index contributed by atoms with van der Waals surface area (Å²) in [5.41, 5.74) is 0.0331. The quantitative estimate of drug-likeness (QED) is 0.857. The largest absolute Gasteiger partial charge is 0.353 e. The maximum Gasteiger partial charge on any atom is 0.254 e. The lowest BCUT2D eigenvalue weighted by Gasteiger charge is -2.41. The first kappa shape index (κ1) is 14.0. The first-order chi connectivity index (χ1) is 10.0. The number of benzene rings is 1. The highest BCUT2D eigenvalue weighted by atomic mass is 19.1. The Bertz CT molecular complexity index is 571. The van der Waals surface area contributed by atoms with Crippen LogP contribution in [0.15, 0.2) is 18.2 Å². The highest BCUT2D eigenvalue weighted by Gasteiger charge is 2.35. The van der Waals surface area contributed by atoms with Crippen LogP contribution >= 0.6 is 0 Å². The minimum absolute atomic E-state index is 0.0331. The molecule has 112 valence electrons. The Morgan fingerprint density at radius 3 is 2.62 bits per heavy atom. The van der Waals surface area contributed by atoms with Gasteiger partial charge in [-0.25, -0.2) is 8.78 Å². The van der Waals surface area contributed by atoms with E-state index in [0.717, 1.165) is 24.6 Å². The van der Waals surface area contributed by atoms with Gasteiger partial charge < -0.3 is 10.2 Å². The highest BCUT2D eigenvalue weighted by Crippen LogP contribution is 2.26. The third-order valence-corrected chi connectivity index (χ3v) is 4.22. The zero-order valence-electron chi connectivity index (χ0n) is 11.4. The average Bonchev–Trinajstić information content (AvgIpc) is 2.45. The number of hydrogen-bond acceptors (Lipinski definition) is 2. The van der Waals surface area contributed by atoms with Crippen LogP contribution in [0, 0.1) is 17.6 Å². The zero-order chi connectivity index (χ0) is 15.0. The monoisotopic (exact) mass is 294 g/mol. The molecule has 1 aromatic carbocycles. The molecule has 2 aliphatic heterocycles. The molecule has 2 fully saturated rings. The maximum atomic E-state index is 13.2. The number of rotatable bonds is 1. The van der Waals surface area contributed by atoms with Crippen LogP contribution in [0.1, 0.15) is 29.6 Å². The molecule has 2 amide bonds. The molecule has 0 bridgehead atoms. The van der Waals surface area contributed by atoms with Crippen LogP contribution in [0.2, 0.25) is 0 Å². The number of amides is 2. The van der Waals surface area contributed by atoms with Crippen molar-refractivity contribution in [2.24, 2.45) is 5.92 Å². The molecule has 2 aliphatic rings. The van der Waals surface area contributed by atoms with E-state index in [-0.39, 0.29) is 29.3 Å². The fourth-order valence-corrected chi connectivity index (χ4v) is 3.15. The van der Waals surface area contributed by atoms with Gasteiger partial charge in [0.15, 0.2) is 0 Å². The SMILES string of the molecule is O=C1CCC2CN(C(=O)c3cc(F)cc(F)c3)CCC2N1. The van der Waals surface area contributed by atoms with Crippen molar-refractivity contribution >= 4 is 11.8 Å². The standard InChI is InChI=1S/C15H16F2N2O2/c16-11-5-10(6-12(17)7-11)15(21)19-4-3-13-9(8-19)1-2-14(20)18-13/h5-7,9,13H,1-4,8H2,(H,18,20). The lowest BCUT2D eigenvalue weighted by molar-refractivity contribution is -0.125. The van der Waals surface area contributed by atoms with Gasteiger partial charge >= 0.3 is 0 Å². The number of fused-ring (bicyclic) bond motifs is 1. The Kier molecular flexibility index (Phi) is 3.61. The van der Waals surface area contributed by atoms with Crippen LogP contribution in [0.4, 0.5) is 8.78 Å². The second kappa shape index (κ2) is 5.42. The second-order valence-electron chi connectivity index (χ2n) is 5.67. The topological polar surface area (TPSA) is 49.4 Å². The van der Waals surface area contributed by atoms with Crippen LogP contribution in [-0.4, -0.2) is 35.8 Å². The summed E-state index contributed by atoms with van der Waals surface area (Å²) in [6.07, 6.45) is 1.90. The van der Waals surface area contributed by atoms with Gasteiger partial charge in [-0.1, -0.05) is 0 Å². The Hall–Kier alpha value is -1.98. The first-order valence-corrected chi connectivity index (χ1v) is 7.07. The Balaban J connectivity index is 1.73. The number of halogens is 2. The fourth-order valence-electron chi connectivity index (χ4n) is 3.15. The van der Waals surface area contributed by atoms with E-state index in [1.807, 2.05) is 0 Å². The molecule has 2 unspecified atom stereocenters. The molecule has 2 heterocycles. The molecule has 1 aromatic rings. The van der Waals surface area contributed by atoms with Gasteiger partial charge in [0.25, 0.3) is 5.91 Å². The van der Waals surface area contributed by atoms with Gasteiger partial charge in [-0.2, -0.15) is 0 Å². The predicted octanol–water partition coefficient (Wildman–Crippen LogP) is 1.71. The molecule has 4 nitrogen and oxygen atoms in total. The van der Waals surface area contributed by atoms with Crippen molar-refractivity contribution in [1.29, 1.82) is 0 Å². The number of likely N-dealkylation sites (tertiary alicyclic amines) is 1. The lowest BCUT2D eigenvalue weighted by Crippen LogP contribution is -2.55. The summed E-state index contributed by atoms with van der Waals surface area (Å²) >= 11 is 0. The van der Waals surface area contributed by atoms with Crippen molar-refractivity contribution in [2.75, 3.05) is 13.1 Å². The Morgan fingerprint density at radius 1 is 1.19 bits per heavy atom. The summed E-state index contributed by atoms with van der Waals surface area (Å²) in [6.45, 7) is 1.00. The number of nitrogens with one attached hydrogen (secondary N) is 1. The van der Waals surface area contributed by atoms with Gasteiger partial charge in [-0.15, -0.1) is 0 Å². The van der Waals surface area contributed by atoms with Crippen LogP contribution in [-0.2, 0) is 4.79 Å². The van der Waals surface area contributed by atoms with Crippen molar-refractivity contribution in [1.82, 2.24) is 10.2 Å². The summed E-state index contributed by atoms with van der Waals surface area (Å²) in [5, 5.41) is 2.94. The van der Waals surface area contributed by atoms with Gasteiger partial charge in [0, 0.05) is 37.2 Å². The summed E-state index contributed by atoms with van der Waals surface area (Å²) < 4.78 is 26.4. The Morgan fingerprint density at radius 2 is 1.90 bits per heavy atom. The number of piperidine rings is 2. The van der Waals surface area contributed by atoms with E-state index in [1.54, 1.807) is 4.90 Å². The molecule has 2 saturated heterocycles. The molecular weight excluding hydrogens is 278 g/mol. The predicted molar refractivity (Wildman–Crippen MR) is 71.5 cm³/mol. The van der Waals surface area contributed by atoms with E-state index in [0.29, 0.717) is 25.9 Å². The normalized spacial score (nSPS) is 25.2.